The Bertz CT molecular complexity index is 303. The van der Waals surface area contributed by atoms with E-state index in [-0.39, 0.29) is 0 Å². The number of nitrogens with two attached hydrogens (primary N) is 1. The molecule has 0 radical (unpaired) electrons. The smallest absolute Gasteiger partial charge is 0.0364 e. The first-order valence-electron chi connectivity index (χ1n) is 4.88. The lowest BCUT2D eigenvalue weighted by Crippen LogP contribution is -2.26. The first kappa shape index (κ1) is 8.42. The Balaban J connectivity index is 2.07. The zero-order valence-electron chi connectivity index (χ0n) is 8.01. The Morgan fingerprint density at radius 2 is 2.15 bits per heavy atom. The van der Waals surface area contributed by atoms with Crippen molar-refractivity contribution in [3.63, 3.8) is 0 Å². The molecule has 1 aromatic carbocycles. The summed E-state index contributed by atoms with van der Waals surface area (Å²) >= 11 is 0. The molecular formula is C11H16N2. The minimum Gasteiger partial charge on any atom is -0.398 e. The number of benzene rings is 1. The lowest BCUT2D eigenvalue weighted by atomic mass is 9.93. The quantitative estimate of drug-likeness (QED) is 0.679. The minimum atomic E-state index is 0.683. The molecule has 0 bridgehead atoms. The van der Waals surface area contributed by atoms with Crippen LogP contribution in [0.5, 0.6) is 0 Å². The number of aryl methyl sites for hydroxylation is 1. The van der Waals surface area contributed by atoms with Crippen molar-refractivity contribution in [1.29, 1.82) is 0 Å². The molecule has 0 amide bonds. The highest BCUT2D eigenvalue weighted by molar-refractivity contribution is 5.58. The number of anilines is 2. The molecule has 1 saturated carbocycles. The van der Waals surface area contributed by atoms with Gasteiger partial charge in [-0.15, -0.1) is 0 Å². The number of hydrogen-bond donors (Lipinski definition) is 2. The van der Waals surface area contributed by atoms with Gasteiger partial charge >= 0.3 is 0 Å². The van der Waals surface area contributed by atoms with Gasteiger partial charge in [0.05, 0.1) is 0 Å². The fraction of sp³-hybridized carbons (Fsp3) is 0.455. The van der Waals surface area contributed by atoms with Crippen molar-refractivity contribution in [3.8, 4) is 0 Å². The van der Waals surface area contributed by atoms with Gasteiger partial charge in [-0.2, -0.15) is 0 Å². The Kier molecular flexibility index (Phi) is 2.13. The van der Waals surface area contributed by atoms with E-state index in [9.17, 15) is 0 Å². The minimum absolute atomic E-state index is 0.683. The van der Waals surface area contributed by atoms with Crippen molar-refractivity contribution in [2.24, 2.45) is 0 Å². The third-order valence-electron chi connectivity index (χ3n) is 2.76. The van der Waals surface area contributed by atoms with Crippen LogP contribution in [-0.4, -0.2) is 6.04 Å². The summed E-state index contributed by atoms with van der Waals surface area (Å²) in [6, 6.07) is 6.87. The van der Waals surface area contributed by atoms with Crippen molar-refractivity contribution < 1.29 is 0 Å². The molecule has 0 atom stereocenters. The lowest BCUT2D eigenvalue weighted by Gasteiger charge is -2.27. The second-order valence-electron chi connectivity index (χ2n) is 3.84. The number of nitrogens with one attached hydrogen (secondary N) is 1. The zero-order chi connectivity index (χ0) is 9.26. The molecule has 0 saturated heterocycles. The highest BCUT2D eigenvalue weighted by Crippen LogP contribution is 2.24. The molecule has 0 heterocycles. The van der Waals surface area contributed by atoms with E-state index in [1.54, 1.807) is 0 Å². The van der Waals surface area contributed by atoms with E-state index in [2.05, 4.69) is 17.4 Å². The van der Waals surface area contributed by atoms with Crippen LogP contribution in [0.4, 0.5) is 11.4 Å². The lowest BCUT2D eigenvalue weighted by molar-refractivity contribution is 0.445. The summed E-state index contributed by atoms with van der Waals surface area (Å²) in [5.74, 6) is 0. The average molecular weight is 176 g/mol. The van der Waals surface area contributed by atoms with Crippen molar-refractivity contribution in [1.82, 2.24) is 0 Å². The van der Waals surface area contributed by atoms with E-state index >= 15 is 0 Å². The van der Waals surface area contributed by atoms with Gasteiger partial charge < -0.3 is 11.1 Å². The maximum absolute atomic E-state index is 5.82. The number of nitrogen functional groups attached to an aromatic ring is 1. The van der Waals surface area contributed by atoms with Gasteiger partial charge in [0.1, 0.15) is 0 Å². The molecule has 3 N–H and O–H groups in total. The normalized spacial score (nSPS) is 16.7. The molecule has 1 aliphatic carbocycles. The van der Waals surface area contributed by atoms with Crippen molar-refractivity contribution in [2.45, 2.75) is 32.2 Å². The topological polar surface area (TPSA) is 38.0 Å². The summed E-state index contributed by atoms with van der Waals surface area (Å²) in [5.41, 5.74) is 9.01. The van der Waals surface area contributed by atoms with Crippen LogP contribution in [-0.2, 0) is 0 Å². The maximum atomic E-state index is 5.82. The summed E-state index contributed by atoms with van der Waals surface area (Å²) in [7, 11) is 0. The van der Waals surface area contributed by atoms with Gasteiger partial charge in [-0.25, -0.2) is 0 Å². The molecule has 0 aromatic heterocycles. The second kappa shape index (κ2) is 3.29. The van der Waals surface area contributed by atoms with Gasteiger partial charge in [-0.1, -0.05) is 6.07 Å². The highest BCUT2D eigenvalue weighted by Gasteiger charge is 2.16. The van der Waals surface area contributed by atoms with Crippen LogP contribution in [0.2, 0.25) is 0 Å². The Hall–Kier alpha value is -1.18. The van der Waals surface area contributed by atoms with Gasteiger partial charge in [0, 0.05) is 17.4 Å². The second-order valence-corrected chi connectivity index (χ2v) is 3.84. The van der Waals surface area contributed by atoms with E-state index in [0.29, 0.717) is 6.04 Å². The third-order valence-corrected chi connectivity index (χ3v) is 2.76. The fourth-order valence-corrected chi connectivity index (χ4v) is 1.52. The van der Waals surface area contributed by atoms with E-state index in [0.717, 1.165) is 16.9 Å². The Labute approximate surface area is 79.1 Å². The molecule has 70 valence electrons. The molecule has 2 nitrogen and oxygen atoms in total. The van der Waals surface area contributed by atoms with Gasteiger partial charge in [0.15, 0.2) is 0 Å². The van der Waals surface area contributed by atoms with Gasteiger partial charge in [0.25, 0.3) is 0 Å². The van der Waals surface area contributed by atoms with Crippen LogP contribution in [0.1, 0.15) is 24.8 Å². The van der Waals surface area contributed by atoms with E-state index in [1.165, 1.54) is 19.3 Å². The molecule has 0 aliphatic heterocycles. The maximum Gasteiger partial charge on any atom is 0.0364 e. The Morgan fingerprint density at radius 3 is 2.69 bits per heavy atom. The molecule has 0 unspecified atom stereocenters. The first-order valence-corrected chi connectivity index (χ1v) is 4.88. The van der Waals surface area contributed by atoms with Gasteiger partial charge in [0.2, 0.25) is 0 Å². The molecular weight excluding hydrogens is 160 g/mol. The van der Waals surface area contributed by atoms with Crippen LogP contribution in [0.3, 0.4) is 0 Å². The van der Waals surface area contributed by atoms with Crippen molar-refractivity contribution >= 4 is 11.4 Å². The number of hydrogen-bond acceptors (Lipinski definition) is 2. The molecule has 1 aliphatic rings. The molecule has 1 fully saturated rings. The highest BCUT2D eigenvalue weighted by atomic mass is 14.9. The van der Waals surface area contributed by atoms with Crippen LogP contribution < -0.4 is 11.1 Å². The largest absolute Gasteiger partial charge is 0.398 e. The predicted octanol–water partition coefficient (Wildman–Crippen LogP) is 2.54. The van der Waals surface area contributed by atoms with Crippen LogP contribution in [0.25, 0.3) is 0 Å². The SMILES string of the molecule is Cc1ccc(NC2CCC2)cc1N. The van der Waals surface area contributed by atoms with E-state index in [4.69, 9.17) is 5.73 Å². The van der Waals surface area contributed by atoms with Crippen molar-refractivity contribution in [2.75, 3.05) is 11.1 Å². The van der Waals surface area contributed by atoms with E-state index < -0.39 is 0 Å². The van der Waals surface area contributed by atoms with Crippen molar-refractivity contribution in [3.05, 3.63) is 23.8 Å². The summed E-state index contributed by atoms with van der Waals surface area (Å²) in [4.78, 5) is 0. The molecule has 13 heavy (non-hydrogen) atoms. The Morgan fingerprint density at radius 1 is 1.38 bits per heavy atom. The van der Waals surface area contributed by atoms with Crippen LogP contribution >= 0.6 is 0 Å². The molecule has 1 aromatic rings. The zero-order valence-corrected chi connectivity index (χ0v) is 8.01. The van der Waals surface area contributed by atoms with Crippen LogP contribution in [0.15, 0.2) is 18.2 Å². The van der Waals surface area contributed by atoms with E-state index in [1.807, 2.05) is 13.0 Å². The predicted molar refractivity (Wildman–Crippen MR) is 56.9 cm³/mol. The molecule has 2 rings (SSSR count). The first-order chi connectivity index (χ1) is 6.25. The van der Waals surface area contributed by atoms with Gasteiger partial charge in [-0.05, 0) is 43.9 Å². The fourth-order valence-electron chi connectivity index (χ4n) is 1.52. The molecule has 0 spiro atoms. The summed E-state index contributed by atoms with van der Waals surface area (Å²) in [6.07, 6.45) is 3.96. The average Bonchev–Trinajstić information content (AvgIpc) is 2.04. The monoisotopic (exact) mass is 176 g/mol. The summed E-state index contributed by atoms with van der Waals surface area (Å²) in [5, 5.41) is 3.47. The molecule has 2 heteroatoms. The van der Waals surface area contributed by atoms with Crippen LogP contribution in [0, 0.1) is 6.92 Å². The summed E-state index contributed by atoms with van der Waals surface area (Å²) in [6.45, 7) is 2.03. The summed E-state index contributed by atoms with van der Waals surface area (Å²) < 4.78 is 0. The standard InChI is InChI=1S/C11H16N2/c1-8-5-6-10(7-11(8)12)13-9-3-2-4-9/h5-7,9,13H,2-4,12H2,1H3. The number of rotatable bonds is 2. The van der Waals surface area contributed by atoms with Gasteiger partial charge in [-0.3, -0.25) is 0 Å². The third kappa shape index (κ3) is 1.77.